The lowest BCUT2D eigenvalue weighted by atomic mass is 9.87. The van der Waals surface area contributed by atoms with Crippen LogP contribution in [0.1, 0.15) is 53.7 Å². The first-order chi connectivity index (χ1) is 13.9. The number of benzene rings is 1. The van der Waals surface area contributed by atoms with Gasteiger partial charge in [0.25, 0.3) is 5.91 Å². The summed E-state index contributed by atoms with van der Waals surface area (Å²) in [6.45, 7) is 4.04. The third-order valence-corrected chi connectivity index (χ3v) is 7.26. The molecule has 0 atom stereocenters. The number of hydrogen-bond acceptors (Lipinski definition) is 6. The van der Waals surface area contributed by atoms with Gasteiger partial charge in [0.05, 0.1) is 16.3 Å². The van der Waals surface area contributed by atoms with Crippen molar-refractivity contribution >= 4 is 35.0 Å². The van der Waals surface area contributed by atoms with Gasteiger partial charge in [-0.15, -0.1) is 23.1 Å². The van der Waals surface area contributed by atoms with Gasteiger partial charge >= 0.3 is 5.97 Å². The molecule has 0 radical (unpaired) electrons. The van der Waals surface area contributed by atoms with Crippen LogP contribution in [0.5, 0.6) is 0 Å². The lowest BCUT2D eigenvalue weighted by Crippen LogP contribution is -2.41. The lowest BCUT2D eigenvalue weighted by molar-refractivity contribution is -0.136. The van der Waals surface area contributed by atoms with Crippen LogP contribution in [0.15, 0.2) is 34.5 Å². The highest BCUT2D eigenvalue weighted by molar-refractivity contribution is 7.98. The number of nitrogens with zero attached hydrogens (tertiary/aromatic N) is 2. The largest absolute Gasteiger partial charge is 0.452 e. The molecule has 5 nitrogen and oxygen atoms in total. The molecule has 1 saturated carbocycles. The van der Waals surface area contributed by atoms with Crippen LogP contribution in [0.3, 0.4) is 0 Å². The molecule has 3 rings (SSSR count). The van der Waals surface area contributed by atoms with Crippen molar-refractivity contribution in [3.63, 3.8) is 0 Å². The standard InChI is InChI=1S/C22H28N2O3S2/c1-15-4-8-19(9-5-15)24(3)21(25)12-27-22(26)17-6-10-20(11-7-17)29-14-18-13-28-16(2)23-18/h6-7,10-11,13,15,19H,4-5,8-9,12,14H2,1-3H3. The van der Waals surface area contributed by atoms with Crippen LogP contribution in [0, 0.1) is 12.8 Å². The zero-order valence-electron chi connectivity index (χ0n) is 17.2. The van der Waals surface area contributed by atoms with Gasteiger partial charge in [-0.2, -0.15) is 0 Å². The molecular weight excluding hydrogens is 404 g/mol. The topological polar surface area (TPSA) is 59.5 Å². The summed E-state index contributed by atoms with van der Waals surface area (Å²) in [5, 5.41) is 3.13. The Morgan fingerprint density at radius 3 is 2.52 bits per heavy atom. The number of ether oxygens (including phenoxy) is 1. The number of thioether (sulfide) groups is 1. The van der Waals surface area contributed by atoms with Crippen LogP contribution in [-0.4, -0.2) is 41.5 Å². The van der Waals surface area contributed by atoms with Crippen LogP contribution < -0.4 is 0 Å². The third kappa shape index (κ3) is 6.31. The van der Waals surface area contributed by atoms with Crippen LogP contribution in [0.2, 0.25) is 0 Å². The molecule has 0 unspecified atom stereocenters. The molecule has 0 aliphatic heterocycles. The van der Waals surface area contributed by atoms with Gasteiger partial charge in [-0.3, -0.25) is 4.79 Å². The first-order valence-electron chi connectivity index (χ1n) is 9.99. The molecule has 1 heterocycles. The monoisotopic (exact) mass is 432 g/mol. The molecule has 0 bridgehead atoms. The van der Waals surface area contributed by atoms with Crippen molar-refractivity contribution < 1.29 is 14.3 Å². The molecule has 1 aliphatic rings. The van der Waals surface area contributed by atoms with E-state index in [1.165, 1.54) is 0 Å². The Morgan fingerprint density at radius 1 is 1.21 bits per heavy atom. The van der Waals surface area contributed by atoms with Crippen molar-refractivity contribution in [3.8, 4) is 0 Å². The van der Waals surface area contributed by atoms with Gasteiger partial charge in [-0.25, -0.2) is 9.78 Å². The zero-order valence-corrected chi connectivity index (χ0v) is 18.9. The predicted octanol–water partition coefficient (Wildman–Crippen LogP) is 4.94. The summed E-state index contributed by atoms with van der Waals surface area (Å²) < 4.78 is 5.25. The van der Waals surface area contributed by atoms with E-state index in [-0.39, 0.29) is 18.6 Å². The lowest BCUT2D eigenvalue weighted by Gasteiger charge is -2.33. The van der Waals surface area contributed by atoms with Gasteiger partial charge in [-0.05, 0) is 62.8 Å². The average molecular weight is 433 g/mol. The zero-order chi connectivity index (χ0) is 20.8. The van der Waals surface area contributed by atoms with E-state index in [4.69, 9.17) is 4.74 Å². The van der Waals surface area contributed by atoms with Crippen LogP contribution in [-0.2, 0) is 15.3 Å². The minimum atomic E-state index is -0.462. The average Bonchev–Trinajstić information content (AvgIpc) is 3.15. The summed E-state index contributed by atoms with van der Waals surface area (Å²) >= 11 is 3.32. The van der Waals surface area contributed by atoms with Gasteiger partial charge in [0, 0.05) is 29.1 Å². The Hall–Kier alpha value is -1.86. The van der Waals surface area contributed by atoms with Gasteiger partial charge in [0.1, 0.15) is 0 Å². The summed E-state index contributed by atoms with van der Waals surface area (Å²) in [7, 11) is 1.81. The Bertz CT molecular complexity index is 827. The highest BCUT2D eigenvalue weighted by Gasteiger charge is 2.25. The third-order valence-electron chi connectivity index (χ3n) is 5.40. The predicted molar refractivity (Wildman–Crippen MR) is 117 cm³/mol. The summed E-state index contributed by atoms with van der Waals surface area (Å²) in [6, 6.07) is 7.55. The Morgan fingerprint density at radius 2 is 1.90 bits per heavy atom. The van der Waals surface area contributed by atoms with Crippen molar-refractivity contribution in [2.45, 2.75) is 56.2 Å². The Labute approximate surface area is 180 Å². The normalized spacial score (nSPS) is 19.0. The van der Waals surface area contributed by atoms with E-state index in [9.17, 15) is 9.59 Å². The van der Waals surface area contributed by atoms with E-state index in [2.05, 4.69) is 17.3 Å². The maximum Gasteiger partial charge on any atom is 0.338 e. The van der Waals surface area contributed by atoms with Gasteiger partial charge in [0.15, 0.2) is 6.61 Å². The highest BCUT2D eigenvalue weighted by atomic mass is 32.2. The molecule has 29 heavy (non-hydrogen) atoms. The van der Waals surface area contributed by atoms with Crippen LogP contribution in [0.25, 0.3) is 0 Å². The van der Waals surface area contributed by atoms with E-state index in [0.717, 1.165) is 53.0 Å². The van der Waals surface area contributed by atoms with Crippen molar-refractivity contribution in [2.24, 2.45) is 5.92 Å². The molecule has 1 fully saturated rings. The maximum absolute atomic E-state index is 12.4. The first-order valence-corrected chi connectivity index (χ1v) is 11.9. The molecule has 2 aromatic rings. The fraction of sp³-hybridized carbons (Fsp3) is 0.500. The molecule has 0 saturated heterocycles. The Balaban J connectivity index is 1.44. The number of esters is 1. The molecule has 1 aliphatic carbocycles. The fourth-order valence-electron chi connectivity index (χ4n) is 3.46. The minimum absolute atomic E-state index is 0.136. The number of likely N-dealkylation sites (N-methyl/N-ethyl adjacent to an activating group) is 1. The van der Waals surface area contributed by atoms with Crippen LogP contribution in [0.4, 0.5) is 0 Å². The summed E-state index contributed by atoms with van der Waals surface area (Å²) in [5.41, 5.74) is 1.52. The van der Waals surface area contributed by atoms with E-state index in [1.807, 2.05) is 26.1 Å². The molecule has 0 N–H and O–H groups in total. The van der Waals surface area contributed by atoms with E-state index < -0.39 is 5.97 Å². The molecule has 7 heteroatoms. The second-order valence-corrected chi connectivity index (χ2v) is 9.78. The molecule has 1 aromatic heterocycles. The van der Waals surface area contributed by atoms with Crippen molar-refractivity contribution in [1.29, 1.82) is 0 Å². The summed E-state index contributed by atoms with van der Waals surface area (Å²) in [4.78, 5) is 31.9. The number of aryl methyl sites for hydroxylation is 1. The van der Waals surface area contributed by atoms with Crippen molar-refractivity contribution in [3.05, 3.63) is 45.9 Å². The number of thiazole rings is 1. The molecule has 0 spiro atoms. The maximum atomic E-state index is 12.4. The SMILES string of the molecule is Cc1nc(CSc2ccc(C(=O)OCC(=O)N(C)C3CCC(C)CC3)cc2)cs1. The fourth-order valence-corrected chi connectivity index (χ4v) is 4.97. The quantitative estimate of drug-likeness (QED) is 0.458. The number of aromatic nitrogens is 1. The summed E-state index contributed by atoms with van der Waals surface area (Å²) in [5.74, 6) is 0.938. The number of amides is 1. The second-order valence-electron chi connectivity index (χ2n) is 7.67. The van der Waals surface area contributed by atoms with Crippen molar-refractivity contribution in [2.75, 3.05) is 13.7 Å². The highest BCUT2D eigenvalue weighted by Crippen LogP contribution is 2.27. The number of carbonyl (C=O) groups excluding carboxylic acids is 2. The van der Waals surface area contributed by atoms with E-state index in [0.29, 0.717) is 5.56 Å². The smallest absolute Gasteiger partial charge is 0.338 e. The number of carbonyl (C=O) groups is 2. The van der Waals surface area contributed by atoms with Crippen LogP contribution >= 0.6 is 23.1 Å². The first kappa shape index (κ1) is 21.8. The van der Waals surface area contributed by atoms with Crippen molar-refractivity contribution in [1.82, 2.24) is 9.88 Å². The van der Waals surface area contributed by atoms with Gasteiger partial charge < -0.3 is 9.64 Å². The second kappa shape index (κ2) is 10.3. The molecular formula is C22H28N2O3S2. The van der Waals surface area contributed by atoms with Gasteiger partial charge in [0.2, 0.25) is 0 Å². The number of hydrogen-bond donors (Lipinski definition) is 0. The Kier molecular flexibility index (Phi) is 7.72. The molecule has 1 amide bonds. The van der Waals surface area contributed by atoms with E-state index >= 15 is 0 Å². The van der Waals surface area contributed by atoms with E-state index in [1.54, 1.807) is 40.1 Å². The molecule has 1 aromatic carbocycles. The minimum Gasteiger partial charge on any atom is -0.452 e. The number of rotatable bonds is 7. The summed E-state index contributed by atoms with van der Waals surface area (Å²) in [6.07, 6.45) is 4.34. The molecule has 156 valence electrons. The van der Waals surface area contributed by atoms with Gasteiger partial charge in [-0.1, -0.05) is 6.92 Å².